The zero-order chi connectivity index (χ0) is 18.7. The van der Waals surface area contributed by atoms with E-state index >= 15 is 0 Å². The summed E-state index contributed by atoms with van der Waals surface area (Å²) in [7, 11) is 0. The number of halogens is 2. The van der Waals surface area contributed by atoms with Gasteiger partial charge in [-0.2, -0.15) is 0 Å². The van der Waals surface area contributed by atoms with Crippen LogP contribution in [0.2, 0.25) is 10.0 Å². The molecule has 1 fully saturated rings. The summed E-state index contributed by atoms with van der Waals surface area (Å²) >= 11 is 12.8. The van der Waals surface area contributed by atoms with Crippen LogP contribution in [0.3, 0.4) is 0 Å². The Bertz CT molecular complexity index is 930. The minimum absolute atomic E-state index is 0.216. The largest absolute Gasteiger partial charge is 0.323 e. The van der Waals surface area contributed by atoms with Crippen LogP contribution < -0.4 is 5.32 Å². The molecule has 1 aliphatic rings. The summed E-state index contributed by atoms with van der Waals surface area (Å²) in [6, 6.07) is 13.7. The first-order valence-electron chi connectivity index (χ1n) is 7.50. The number of amides is 3. The molecular formula is C18H12Cl2N2O3S. The van der Waals surface area contributed by atoms with Crippen molar-refractivity contribution >= 4 is 63.8 Å². The monoisotopic (exact) mass is 406 g/mol. The van der Waals surface area contributed by atoms with Gasteiger partial charge in [-0.1, -0.05) is 53.5 Å². The molecule has 26 heavy (non-hydrogen) atoms. The van der Waals surface area contributed by atoms with Gasteiger partial charge < -0.3 is 5.32 Å². The molecular weight excluding hydrogens is 395 g/mol. The van der Waals surface area contributed by atoms with E-state index in [4.69, 9.17) is 23.2 Å². The number of benzene rings is 2. The van der Waals surface area contributed by atoms with Gasteiger partial charge in [-0.25, -0.2) is 0 Å². The summed E-state index contributed by atoms with van der Waals surface area (Å²) in [4.78, 5) is 37.8. The number of nitrogens with one attached hydrogen (secondary N) is 1. The van der Waals surface area contributed by atoms with E-state index in [0.717, 1.165) is 16.7 Å². The Morgan fingerprint density at radius 2 is 1.69 bits per heavy atom. The van der Waals surface area contributed by atoms with Crippen molar-refractivity contribution in [1.82, 2.24) is 4.90 Å². The number of imide groups is 1. The third-order valence-electron chi connectivity index (χ3n) is 3.52. The summed E-state index contributed by atoms with van der Waals surface area (Å²) in [6.45, 7) is -0.393. The molecule has 8 heteroatoms. The van der Waals surface area contributed by atoms with Crippen molar-refractivity contribution in [1.29, 1.82) is 0 Å². The van der Waals surface area contributed by atoms with Crippen LogP contribution in [0.1, 0.15) is 5.56 Å². The molecule has 2 aromatic rings. The standard InChI is InChI=1S/C18H12Cl2N2O3S/c19-12-6-2-1-5-11(12)9-15-17(24)22(18(25)26-15)10-16(23)21-14-8-4-3-7-13(14)20/h1-9H,10H2,(H,21,23)/b15-9-. The lowest BCUT2D eigenvalue weighted by Crippen LogP contribution is -2.36. The number of nitrogens with zero attached hydrogens (tertiary/aromatic N) is 1. The van der Waals surface area contributed by atoms with Gasteiger partial charge in [-0.3, -0.25) is 19.3 Å². The van der Waals surface area contributed by atoms with Crippen LogP contribution in [-0.2, 0) is 9.59 Å². The highest BCUT2D eigenvalue weighted by Crippen LogP contribution is 2.33. The Hall–Kier alpha value is -2.28. The highest BCUT2D eigenvalue weighted by molar-refractivity contribution is 8.18. The molecule has 0 bridgehead atoms. The van der Waals surface area contributed by atoms with E-state index in [0.29, 0.717) is 21.3 Å². The van der Waals surface area contributed by atoms with Crippen molar-refractivity contribution in [2.75, 3.05) is 11.9 Å². The smallest absolute Gasteiger partial charge is 0.294 e. The maximum absolute atomic E-state index is 12.5. The lowest BCUT2D eigenvalue weighted by Gasteiger charge is -2.13. The first-order chi connectivity index (χ1) is 12.5. The number of thioether (sulfide) groups is 1. The summed E-state index contributed by atoms with van der Waals surface area (Å²) in [5.41, 5.74) is 1.04. The minimum atomic E-state index is -0.533. The topological polar surface area (TPSA) is 66.5 Å². The van der Waals surface area contributed by atoms with Crippen molar-refractivity contribution in [2.45, 2.75) is 0 Å². The first kappa shape index (κ1) is 18.5. The highest BCUT2D eigenvalue weighted by Gasteiger charge is 2.36. The van der Waals surface area contributed by atoms with Gasteiger partial charge in [-0.15, -0.1) is 0 Å². The number of para-hydroxylation sites is 1. The van der Waals surface area contributed by atoms with Gasteiger partial charge in [0.05, 0.1) is 15.6 Å². The predicted octanol–water partition coefficient (Wildman–Crippen LogP) is 4.67. The van der Waals surface area contributed by atoms with E-state index in [2.05, 4.69) is 5.32 Å². The second kappa shape index (κ2) is 7.95. The molecule has 132 valence electrons. The molecule has 5 nitrogen and oxygen atoms in total. The lowest BCUT2D eigenvalue weighted by molar-refractivity contribution is -0.127. The number of hydrogen-bond acceptors (Lipinski definition) is 4. The van der Waals surface area contributed by atoms with Crippen LogP contribution in [0.15, 0.2) is 53.4 Å². The molecule has 0 aliphatic carbocycles. The number of carbonyl (C=O) groups is 3. The Labute approximate surface area is 164 Å². The third-order valence-corrected chi connectivity index (χ3v) is 5.10. The van der Waals surface area contributed by atoms with Gasteiger partial charge in [0.25, 0.3) is 11.1 Å². The van der Waals surface area contributed by atoms with Crippen LogP contribution in [0.4, 0.5) is 10.5 Å². The fraction of sp³-hybridized carbons (Fsp3) is 0.0556. The molecule has 2 aromatic carbocycles. The summed E-state index contributed by atoms with van der Waals surface area (Å²) in [5, 5.41) is 2.91. The van der Waals surface area contributed by atoms with E-state index in [1.807, 2.05) is 0 Å². The van der Waals surface area contributed by atoms with E-state index < -0.39 is 23.6 Å². The lowest BCUT2D eigenvalue weighted by atomic mass is 10.2. The summed E-state index contributed by atoms with van der Waals surface area (Å²) in [6.07, 6.45) is 1.54. The average molecular weight is 407 g/mol. The van der Waals surface area contributed by atoms with Crippen molar-refractivity contribution in [3.05, 3.63) is 69.0 Å². The third kappa shape index (κ3) is 4.09. The van der Waals surface area contributed by atoms with Crippen LogP contribution in [-0.4, -0.2) is 28.5 Å². The molecule has 0 radical (unpaired) electrons. The fourth-order valence-electron chi connectivity index (χ4n) is 2.27. The Morgan fingerprint density at radius 3 is 2.38 bits per heavy atom. The zero-order valence-corrected chi connectivity index (χ0v) is 15.6. The molecule has 0 aromatic heterocycles. The van der Waals surface area contributed by atoms with Gasteiger partial charge in [0, 0.05) is 5.02 Å². The fourth-order valence-corrected chi connectivity index (χ4v) is 3.47. The molecule has 1 aliphatic heterocycles. The number of hydrogen-bond donors (Lipinski definition) is 1. The van der Waals surface area contributed by atoms with Gasteiger partial charge in [0.1, 0.15) is 6.54 Å². The molecule has 1 saturated heterocycles. The molecule has 1 N–H and O–H groups in total. The maximum atomic E-state index is 12.5. The number of rotatable bonds is 4. The molecule has 0 unspecified atom stereocenters. The Morgan fingerprint density at radius 1 is 1.04 bits per heavy atom. The Balaban J connectivity index is 1.72. The molecule has 0 saturated carbocycles. The van der Waals surface area contributed by atoms with Gasteiger partial charge in [-0.05, 0) is 41.6 Å². The number of anilines is 1. The minimum Gasteiger partial charge on any atom is -0.323 e. The quantitative estimate of drug-likeness (QED) is 0.749. The SMILES string of the molecule is O=C(CN1C(=O)S/C(=C\c2ccccc2Cl)C1=O)Nc1ccccc1Cl. The molecule has 3 rings (SSSR count). The van der Waals surface area contributed by atoms with Crippen LogP contribution >= 0.6 is 35.0 Å². The molecule has 0 atom stereocenters. The van der Waals surface area contributed by atoms with E-state index in [9.17, 15) is 14.4 Å². The maximum Gasteiger partial charge on any atom is 0.294 e. The van der Waals surface area contributed by atoms with Crippen molar-refractivity contribution < 1.29 is 14.4 Å². The van der Waals surface area contributed by atoms with Crippen molar-refractivity contribution in [3.63, 3.8) is 0 Å². The van der Waals surface area contributed by atoms with Crippen LogP contribution in [0.25, 0.3) is 6.08 Å². The van der Waals surface area contributed by atoms with Crippen LogP contribution in [0, 0.1) is 0 Å². The molecule has 1 heterocycles. The number of carbonyl (C=O) groups excluding carboxylic acids is 3. The molecule has 3 amide bonds. The summed E-state index contributed by atoms with van der Waals surface area (Å²) < 4.78 is 0. The zero-order valence-electron chi connectivity index (χ0n) is 13.2. The van der Waals surface area contributed by atoms with Gasteiger partial charge in [0.2, 0.25) is 5.91 Å². The Kier molecular flexibility index (Phi) is 5.66. The first-order valence-corrected chi connectivity index (χ1v) is 9.07. The van der Waals surface area contributed by atoms with E-state index in [1.165, 1.54) is 0 Å². The van der Waals surface area contributed by atoms with E-state index in [-0.39, 0.29) is 4.91 Å². The van der Waals surface area contributed by atoms with Crippen LogP contribution in [0.5, 0.6) is 0 Å². The van der Waals surface area contributed by atoms with Gasteiger partial charge in [0.15, 0.2) is 0 Å². The molecule has 0 spiro atoms. The predicted molar refractivity (Wildman–Crippen MR) is 104 cm³/mol. The van der Waals surface area contributed by atoms with Gasteiger partial charge >= 0.3 is 0 Å². The van der Waals surface area contributed by atoms with E-state index in [1.54, 1.807) is 54.6 Å². The normalized spacial score (nSPS) is 15.6. The second-order valence-corrected chi connectivity index (χ2v) is 7.12. The van der Waals surface area contributed by atoms with Crippen molar-refractivity contribution in [2.24, 2.45) is 0 Å². The average Bonchev–Trinajstić information content (AvgIpc) is 2.86. The second-order valence-electron chi connectivity index (χ2n) is 5.32. The summed E-state index contributed by atoms with van der Waals surface area (Å²) in [5.74, 6) is -1.05. The van der Waals surface area contributed by atoms with Crippen molar-refractivity contribution in [3.8, 4) is 0 Å². The highest BCUT2D eigenvalue weighted by atomic mass is 35.5.